The molecule has 6 heteroatoms. The standard InChI is InChI=1S/C28H30Cl2N2O2/c1-19(2)31-28(34)26(15-21-10-5-4-6-11-21)32(18-23-12-8-7-9-20(23)3)27(33)16-22-13-14-24(29)17-25(22)30/h4-14,17,19,26H,15-16,18H2,1-3H3,(H,31,34)/t26-/m0/s1. The molecule has 3 rings (SSSR count). The number of rotatable bonds is 9. The number of hydrogen-bond acceptors (Lipinski definition) is 2. The van der Waals surface area contributed by atoms with E-state index < -0.39 is 6.04 Å². The fourth-order valence-electron chi connectivity index (χ4n) is 3.84. The third kappa shape index (κ3) is 7.09. The second-order valence-electron chi connectivity index (χ2n) is 8.73. The molecule has 0 saturated carbocycles. The molecule has 0 aliphatic carbocycles. The van der Waals surface area contributed by atoms with Crippen LogP contribution in [0.3, 0.4) is 0 Å². The van der Waals surface area contributed by atoms with Crippen molar-refractivity contribution in [2.45, 2.75) is 52.2 Å². The number of benzene rings is 3. The summed E-state index contributed by atoms with van der Waals surface area (Å²) in [5.41, 5.74) is 3.72. The minimum absolute atomic E-state index is 0.0492. The minimum atomic E-state index is -0.678. The summed E-state index contributed by atoms with van der Waals surface area (Å²) in [5.74, 6) is -0.352. The van der Waals surface area contributed by atoms with E-state index in [0.29, 0.717) is 28.6 Å². The maximum atomic E-state index is 13.7. The Balaban J connectivity index is 2.00. The van der Waals surface area contributed by atoms with Gasteiger partial charge >= 0.3 is 0 Å². The van der Waals surface area contributed by atoms with Crippen LogP contribution in [0.4, 0.5) is 0 Å². The van der Waals surface area contributed by atoms with Gasteiger partial charge in [0.2, 0.25) is 11.8 Å². The maximum absolute atomic E-state index is 13.7. The average Bonchev–Trinajstić information content (AvgIpc) is 2.79. The molecule has 0 aliphatic heterocycles. The van der Waals surface area contributed by atoms with Crippen molar-refractivity contribution < 1.29 is 9.59 Å². The molecule has 0 heterocycles. The molecule has 0 bridgehead atoms. The lowest BCUT2D eigenvalue weighted by atomic mass is 10.00. The van der Waals surface area contributed by atoms with Crippen LogP contribution in [0.2, 0.25) is 10.0 Å². The van der Waals surface area contributed by atoms with Crippen LogP contribution >= 0.6 is 23.2 Å². The molecule has 0 aromatic heterocycles. The summed E-state index contributed by atoms with van der Waals surface area (Å²) in [7, 11) is 0. The second-order valence-corrected chi connectivity index (χ2v) is 9.57. The summed E-state index contributed by atoms with van der Waals surface area (Å²) in [6.45, 7) is 6.16. The Hall–Kier alpha value is -2.82. The van der Waals surface area contributed by atoms with Gasteiger partial charge in [0, 0.05) is 29.1 Å². The third-order valence-electron chi connectivity index (χ3n) is 5.66. The van der Waals surface area contributed by atoms with Crippen molar-refractivity contribution in [3.05, 3.63) is 105 Å². The molecule has 3 aromatic rings. The van der Waals surface area contributed by atoms with E-state index in [0.717, 1.165) is 16.7 Å². The Kier molecular flexibility index (Phi) is 9.14. The first-order chi connectivity index (χ1) is 16.2. The molecule has 178 valence electrons. The number of amides is 2. The topological polar surface area (TPSA) is 49.4 Å². The van der Waals surface area contributed by atoms with Gasteiger partial charge in [-0.3, -0.25) is 9.59 Å². The van der Waals surface area contributed by atoms with Gasteiger partial charge in [-0.25, -0.2) is 0 Å². The van der Waals surface area contributed by atoms with Gasteiger partial charge in [0.05, 0.1) is 6.42 Å². The van der Waals surface area contributed by atoms with E-state index >= 15 is 0 Å². The van der Waals surface area contributed by atoms with Gasteiger partial charge in [0.25, 0.3) is 0 Å². The number of nitrogens with zero attached hydrogens (tertiary/aromatic N) is 1. The predicted octanol–water partition coefficient (Wildman–Crippen LogP) is 6.01. The van der Waals surface area contributed by atoms with Crippen LogP contribution in [0.5, 0.6) is 0 Å². The Morgan fingerprint density at radius 1 is 0.912 bits per heavy atom. The SMILES string of the molecule is Cc1ccccc1CN(C(=O)Cc1ccc(Cl)cc1Cl)[C@@H](Cc1ccccc1)C(=O)NC(C)C. The molecule has 0 aliphatic rings. The monoisotopic (exact) mass is 496 g/mol. The molecule has 0 radical (unpaired) electrons. The van der Waals surface area contributed by atoms with Gasteiger partial charge in [0.15, 0.2) is 0 Å². The normalized spacial score (nSPS) is 11.8. The van der Waals surface area contributed by atoms with Gasteiger partial charge in [-0.05, 0) is 55.2 Å². The Bertz CT molecular complexity index is 1130. The van der Waals surface area contributed by atoms with Crippen LogP contribution in [-0.2, 0) is 29.0 Å². The highest BCUT2D eigenvalue weighted by Gasteiger charge is 2.31. The van der Waals surface area contributed by atoms with E-state index in [4.69, 9.17) is 23.2 Å². The molecular weight excluding hydrogens is 467 g/mol. The quantitative estimate of drug-likeness (QED) is 0.394. The van der Waals surface area contributed by atoms with Crippen molar-refractivity contribution in [2.24, 2.45) is 0 Å². The lowest BCUT2D eigenvalue weighted by molar-refractivity contribution is -0.141. The van der Waals surface area contributed by atoms with Crippen molar-refractivity contribution in [1.82, 2.24) is 10.2 Å². The molecule has 4 nitrogen and oxygen atoms in total. The summed E-state index contributed by atoms with van der Waals surface area (Å²) in [4.78, 5) is 28.8. The molecule has 0 fully saturated rings. The van der Waals surface area contributed by atoms with E-state index in [1.165, 1.54) is 0 Å². The van der Waals surface area contributed by atoms with Crippen molar-refractivity contribution in [2.75, 3.05) is 0 Å². The van der Waals surface area contributed by atoms with Gasteiger partial charge in [-0.15, -0.1) is 0 Å². The first-order valence-electron chi connectivity index (χ1n) is 11.4. The van der Waals surface area contributed by atoms with E-state index in [1.807, 2.05) is 75.4 Å². The molecule has 34 heavy (non-hydrogen) atoms. The Morgan fingerprint density at radius 3 is 2.24 bits per heavy atom. The molecular formula is C28H30Cl2N2O2. The maximum Gasteiger partial charge on any atom is 0.243 e. The number of nitrogens with one attached hydrogen (secondary N) is 1. The second kappa shape index (κ2) is 12.0. The third-order valence-corrected chi connectivity index (χ3v) is 6.25. The molecule has 0 unspecified atom stereocenters. The van der Waals surface area contributed by atoms with Crippen LogP contribution in [0.1, 0.15) is 36.1 Å². The highest BCUT2D eigenvalue weighted by molar-refractivity contribution is 6.35. The first-order valence-corrected chi connectivity index (χ1v) is 12.1. The largest absolute Gasteiger partial charge is 0.352 e. The zero-order chi connectivity index (χ0) is 24.7. The average molecular weight is 497 g/mol. The number of carbonyl (C=O) groups excluding carboxylic acids is 2. The van der Waals surface area contributed by atoms with E-state index in [1.54, 1.807) is 23.1 Å². The van der Waals surface area contributed by atoms with Crippen LogP contribution in [0, 0.1) is 6.92 Å². The van der Waals surface area contributed by atoms with Crippen LogP contribution in [0.15, 0.2) is 72.8 Å². The van der Waals surface area contributed by atoms with Crippen LogP contribution in [0.25, 0.3) is 0 Å². The fourth-order valence-corrected chi connectivity index (χ4v) is 4.31. The molecule has 0 spiro atoms. The summed E-state index contributed by atoms with van der Waals surface area (Å²) >= 11 is 12.4. The van der Waals surface area contributed by atoms with Crippen molar-refractivity contribution >= 4 is 35.0 Å². The predicted molar refractivity (Wildman–Crippen MR) is 139 cm³/mol. The lowest BCUT2D eigenvalue weighted by Crippen LogP contribution is -2.52. The van der Waals surface area contributed by atoms with Crippen molar-refractivity contribution in [1.29, 1.82) is 0 Å². The molecule has 1 N–H and O–H groups in total. The first kappa shape index (κ1) is 25.8. The van der Waals surface area contributed by atoms with Gasteiger partial charge in [-0.1, -0.05) is 83.9 Å². The number of halogens is 2. The van der Waals surface area contributed by atoms with Gasteiger partial charge < -0.3 is 10.2 Å². The Morgan fingerprint density at radius 2 is 1.59 bits per heavy atom. The summed E-state index contributed by atoms with van der Waals surface area (Å²) in [6, 6.07) is 22.0. The number of hydrogen-bond donors (Lipinski definition) is 1. The van der Waals surface area contributed by atoms with Crippen molar-refractivity contribution in [3.8, 4) is 0 Å². The number of aryl methyl sites for hydroxylation is 1. The Labute approximate surface area is 211 Å². The van der Waals surface area contributed by atoms with E-state index in [9.17, 15) is 9.59 Å². The lowest BCUT2D eigenvalue weighted by Gasteiger charge is -2.32. The smallest absolute Gasteiger partial charge is 0.243 e. The zero-order valence-corrected chi connectivity index (χ0v) is 21.2. The fraction of sp³-hybridized carbons (Fsp3) is 0.286. The number of carbonyl (C=O) groups is 2. The van der Waals surface area contributed by atoms with Gasteiger partial charge in [-0.2, -0.15) is 0 Å². The highest BCUT2D eigenvalue weighted by atomic mass is 35.5. The van der Waals surface area contributed by atoms with E-state index in [2.05, 4.69) is 5.32 Å². The summed E-state index contributed by atoms with van der Waals surface area (Å²) in [5, 5.41) is 3.95. The van der Waals surface area contributed by atoms with Crippen LogP contribution < -0.4 is 5.32 Å². The highest BCUT2D eigenvalue weighted by Crippen LogP contribution is 2.24. The summed E-state index contributed by atoms with van der Waals surface area (Å²) in [6.07, 6.45) is 0.480. The molecule has 3 aromatic carbocycles. The summed E-state index contributed by atoms with van der Waals surface area (Å²) < 4.78 is 0. The molecule has 1 atom stereocenters. The minimum Gasteiger partial charge on any atom is -0.352 e. The van der Waals surface area contributed by atoms with E-state index in [-0.39, 0.29) is 24.3 Å². The molecule has 2 amide bonds. The van der Waals surface area contributed by atoms with Gasteiger partial charge in [0.1, 0.15) is 6.04 Å². The van der Waals surface area contributed by atoms with Crippen LogP contribution in [-0.4, -0.2) is 28.8 Å². The zero-order valence-electron chi connectivity index (χ0n) is 19.7. The molecule has 0 saturated heterocycles. The van der Waals surface area contributed by atoms with Crippen molar-refractivity contribution in [3.63, 3.8) is 0 Å².